The Bertz CT molecular complexity index is 1910. The van der Waals surface area contributed by atoms with Crippen LogP contribution in [0.3, 0.4) is 0 Å². The summed E-state index contributed by atoms with van der Waals surface area (Å²) in [6.45, 7) is -0.200. The minimum absolute atomic E-state index is 0.0269. The lowest BCUT2D eigenvalue weighted by molar-refractivity contribution is -0.123. The Morgan fingerprint density at radius 3 is 2.40 bits per heavy atom. The number of aromatic nitrogens is 1. The third-order valence-corrected chi connectivity index (χ3v) is 12.9. The van der Waals surface area contributed by atoms with E-state index in [1.807, 2.05) is 54.6 Å². The van der Waals surface area contributed by atoms with E-state index in [2.05, 4.69) is 10.3 Å². The second-order valence-electron chi connectivity index (χ2n) is 11.8. The number of rotatable bonds is 6. The Kier molecular flexibility index (Phi) is 7.09. The van der Waals surface area contributed by atoms with Crippen molar-refractivity contribution in [3.8, 4) is 5.75 Å². The number of para-hydroxylation sites is 1. The Hall–Kier alpha value is -3.57. The number of hydrogen-bond acceptors (Lipinski definition) is 7. The number of hydrogen-bond donors (Lipinski definition) is 2. The van der Waals surface area contributed by atoms with E-state index in [0.29, 0.717) is 27.2 Å². The van der Waals surface area contributed by atoms with Gasteiger partial charge in [-0.05, 0) is 72.2 Å². The van der Waals surface area contributed by atoms with E-state index >= 15 is 0 Å². The van der Waals surface area contributed by atoms with Gasteiger partial charge in [0.25, 0.3) is 5.91 Å². The molecule has 45 heavy (non-hydrogen) atoms. The monoisotopic (exact) mass is 677 g/mol. The number of imide groups is 1. The van der Waals surface area contributed by atoms with Crippen molar-refractivity contribution in [3.05, 3.63) is 103 Å². The van der Waals surface area contributed by atoms with E-state index < -0.39 is 0 Å². The van der Waals surface area contributed by atoms with Crippen molar-refractivity contribution in [2.24, 2.45) is 29.6 Å². The molecule has 1 saturated heterocycles. The van der Waals surface area contributed by atoms with Gasteiger partial charge in [-0.3, -0.25) is 24.1 Å². The van der Waals surface area contributed by atoms with E-state index in [-0.39, 0.29) is 70.0 Å². The number of fused-ring (bicyclic) bond motifs is 9. The quantitative estimate of drug-likeness (QED) is 0.228. The predicted octanol–water partition coefficient (Wildman–Crippen LogP) is 6.44. The summed E-state index contributed by atoms with van der Waals surface area (Å²) in [4.78, 5) is 57.9. The van der Waals surface area contributed by atoms with Crippen LogP contribution in [0, 0.1) is 29.6 Å². The van der Waals surface area contributed by atoms with Gasteiger partial charge in [0.15, 0.2) is 6.61 Å². The van der Waals surface area contributed by atoms with Gasteiger partial charge < -0.3 is 15.0 Å². The second-order valence-corrected chi connectivity index (χ2v) is 14.9. The molecule has 4 unspecified atom stereocenters. The summed E-state index contributed by atoms with van der Waals surface area (Å²) in [5.41, 5.74) is 2.15. The van der Waals surface area contributed by atoms with E-state index in [4.69, 9.17) is 27.9 Å². The Labute approximate surface area is 276 Å². The molecule has 3 heterocycles. The molecule has 0 radical (unpaired) electrons. The molecule has 0 spiro atoms. The van der Waals surface area contributed by atoms with Gasteiger partial charge in [0.2, 0.25) is 11.8 Å². The van der Waals surface area contributed by atoms with Gasteiger partial charge >= 0.3 is 4.87 Å². The first-order valence-electron chi connectivity index (χ1n) is 14.6. The number of thiazole rings is 1. The standard InChI is InChI=1S/C33H25Cl2N3O5S2/c34-21-11-8-16(12-22(21)35)36-23(39)14-43-18-9-6-15(7-10-18)24-25-19-13-20(28(25)44-30-29(24)45-33(42)37-30)27-26(19)31(40)38(32(27)41)17-4-2-1-3-5-17/h1-12,19-20,24-28H,13-14H2,(H,36,39)(H,37,42)/t19-,20-,24-,25?,26?,27?,28?/m1/s1. The molecule has 2 bridgehead atoms. The fourth-order valence-corrected chi connectivity index (χ4v) is 11.1. The first-order valence-corrected chi connectivity index (χ1v) is 17.0. The number of benzene rings is 3. The molecule has 2 N–H and O–H groups in total. The number of H-pyrrole nitrogens is 1. The summed E-state index contributed by atoms with van der Waals surface area (Å²) in [7, 11) is 0. The highest BCUT2D eigenvalue weighted by Crippen LogP contribution is 2.68. The number of carbonyl (C=O) groups excluding carboxylic acids is 3. The number of aromatic amines is 1. The van der Waals surface area contributed by atoms with E-state index in [0.717, 1.165) is 21.9 Å². The van der Waals surface area contributed by atoms with E-state index in [1.165, 1.54) is 16.2 Å². The highest BCUT2D eigenvalue weighted by molar-refractivity contribution is 8.00. The molecule has 3 aromatic carbocycles. The summed E-state index contributed by atoms with van der Waals surface area (Å²) in [6.07, 6.45) is 0.822. The van der Waals surface area contributed by atoms with Crippen LogP contribution in [-0.2, 0) is 14.4 Å². The molecular weight excluding hydrogens is 653 g/mol. The highest BCUT2D eigenvalue weighted by Gasteiger charge is 2.69. The van der Waals surface area contributed by atoms with Gasteiger partial charge in [-0.15, -0.1) is 11.8 Å². The van der Waals surface area contributed by atoms with Gasteiger partial charge in [0.1, 0.15) is 5.75 Å². The molecule has 2 aliphatic heterocycles. The van der Waals surface area contributed by atoms with Crippen LogP contribution < -0.4 is 19.8 Å². The van der Waals surface area contributed by atoms with E-state index in [9.17, 15) is 19.2 Å². The molecule has 3 amide bonds. The summed E-state index contributed by atoms with van der Waals surface area (Å²) in [5.74, 6) is -0.664. The van der Waals surface area contributed by atoms with Crippen molar-refractivity contribution in [1.82, 2.24) is 4.98 Å². The van der Waals surface area contributed by atoms with Crippen LogP contribution in [0.25, 0.3) is 0 Å². The highest BCUT2D eigenvalue weighted by atomic mass is 35.5. The molecule has 8 rings (SSSR count). The molecule has 2 saturated carbocycles. The lowest BCUT2D eigenvalue weighted by Crippen LogP contribution is -2.42. The van der Waals surface area contributed by atoms with Crippen molar-refractivity contribution in [3.63, 3.8) is 0 Å². The molecule has 4 aromatic rings. The third kappa shape index (κ3) is 4.72. The van der Waals surface area contributed by atoms with E-state index in [1.54, 1.807) is 30.0 Å². The number of thioether (sulfide) groups is 1. The van der Waals surface area contributed by atoms with Gasteiger partial charge in [0, 0.05) is 21.7 Å². The average Bonchev–Trinajstić information content (AvgIpc) is 3.77. The van der Waals surface area contributed by atoms with Gasteiger partial charge in [-0.1, -0.05) is 64.9 Å². The molecule has 3 fully saturated rings. The first kappa shape index (κ1) is 28.9. The normalized spacial score (nSPS) is 27.7. The summed E-state index contributed by atoms with van der Waals surface area (Å²) in [5, 5.41) is 4.44. The topological polar surface area (TPSA) is 109 Å². The summed E-state index contributed by atoms with van der Waals surface area (Å²) in [6, 6.07) is 21.6. The average molecular weight is 679 g/mol. The first-order chi connectivity index (χ1) is 21.8. The molecule has 228 valence electrons. The smallest absolute Gasteiger partial charge is 0.305 e. The number of ether oxygens (including phenoxy) is 1. The van der Waals surface area contributed by atoms with Crippen molar-refractivity contribution < 1.29 is 19.1 Å². The van der Waals surface area contributed by atoms with Crippen LogP contribution in [-0.4, -0.2) is 34.6 Å². The van der Waals surface area contributed by atoms with Crippen LogP contribution in [0.15, 0.2) is 82.6 Å². The summed E-state index contributed by atoms with van der Waals surface area (Å²) < 4.78 is 5.77. The lowest BCUT2D eigenvalue weighted by Gasteiger charge is -2.43. The van der Waals surface area contributed by atoms with Crippen LogP contribution in [0.2, 0.25) is 10.0 Å². The molecule has 2 aliphatic carbocycles. The number of nitrogens with one attached hydrogen (secondary N) is 2. The maximum Gasteiger partial charge on any atom is 0.305 e. The number of carbonyl (C=O) groups is 3. The second kappa shape index (κ2) is 11.0. The van der Waals surface area contributed by atoms with Crippen LogP contribution in [0.4, 0.5) is 11.4 Å². The zero-order valence-corrected chi connectivity index (χ0v) is 26.6. The SMILES string of the molecule is O=C(COc1ccc([C@H]2c3sc(=O)[nH]c3SC3C2[C@H]2C[C@@H]3C3C(=O)N(c4ccccc4)C(=O)C32)cc1)Nc1ccc(Cl)c(Cl)c1. The van der Waals surface area contributed by atoms with Crippen LogP contribution >= 0.6 is 46.3 Å². The lowest BCUT2D eigenvalue weighted by atomic mass is 9.68. The third-order valence-electron chi connectivity index (χ3n) is 9.55. The van der Waals surface area contributed by atoms with Gasteiger partial charge in [-0.2, -0.15) is 0 Å². The number of nitrogens with zero attached hydrogens (tertiary/aromatic N) is 1. The zero-order chi connectivity index (χ0) is 31.0. The van der Waals surface area contributed by atoms with Gasteiger partial charge in [0.05, 0.1) is 32.6 Å². The zero-order valence-electron chi connectivity index (χ0n) is 23.4. The molecular formula is C33H25Cl2N3O5S2. The fourth-order valence-electron chi connectivity index (χ4n) is 7.91. The minimum atomic E-state index is -0.360. The molecule has 4 aliphatic rings. The van der Waals surface area contributed by atoms with Crippen molar-refractivity contribution in [2.45, 2.75) is 22.6 Å². The largest absolute Gasteiger partial charge is 0.484 e. The van der Waals surface area contributed by atoms with Gasteiger partial charge in [-0.25, -0.2) is 0 Å². The maximum atomic E-state index is 13.9. The Morgan fingerprint density at radius 2 is 1.67 bits per heavy atom. The molecule has 8 nitrogen and oxygen atoms in total. The van der Waals surface area contributed by atoms with Crippen LogP contribution in [0.1, 0.15) is 22.8 Å². The maximum absolute atomic E-state index is 13.9. The molecule has 7 atom stereocenters. The van der Waals surface area contributed by atoms with Crippen molar-refractivity contribution >= 4 is 75.4 Å². The van der Waals surface area contributed by atoms with Crippen molar-refractivity contribution in [1.29, 1.82) is 0 Å². The Balaban J connectivity index is 1.04. The predicted molar refractivity (Wildman–Crippen MR) is 174 cm³/mol. The fraction of sp³-hybridized carbons (Fsp3) is 0.273. The number of halogens is 2. The minimum Gasteiger partial charge on any atom is -0.484 e. The Morgan fingerprint density at radius 1 is 0.933 bits per heavy atom. The molecule has 1 aromatic heterocycles. The number of amides is 3. The number of anilines is 2. The van der Waals surface area contributed by atoms with Crippen LogP contribution in [0.5, 0.6) is 5.75 Å². The molecule has 12 heteroatoms. The summed E-state index contributed by atoms with van der Waals surface area (Å²) >= 11 is 14.9. The van der Waals surface area contributed by atoms with Crippen molar-refractivity contribution in [2.75, 3.05) is 16.8 Å².